The number of alkyl halides is 6. The van der Waals surface area contributed by atoms with E-state index in [1.165, 1.54) is 6.92 Å². The van der Waals surface area contributed by atoms with Crippen LogP contribution in [0.2, 0.25) is 0 Å². The molecular weight excluding hydrogens is 436 g/mol. The number of nitrogens with one attached hydrogen (secondary N) is 3. The quantitative estimate of drug-likeness (QED) is 0.476. The predicted molar refractivity (Wildman–Crippen MR) is 92.9 cm³/mol. The van der Waals surface area contributed by atoms with Crippen molar-refractivity contribution in [2.45, 2.75) is 38.7 Å². The van der Waals surface area contributed by atoms with E-state index in [1.807, 2.05) is 6.92 Å². The monoisotopic (exact) mass is 453 g/mol. The van der Waals surface area contributed by atoms with Gasteiger partial charge in [0.15, 0.2) is 6.04 Å². The highest BCUT2D eigenvalue weighted by Gasteiger charge is 2.37. The molecular formula is C16H17F6N7O2. The van der Waals surface area contributed by atoms with Crippen molar-refractivity contribution in [1.29, 1.82) is 0 Å². The molecule has 1 aromatic carbocycles. The van der Waals surface area contributed by atoms with E-state index in [1.54, 1.807) is 0 Å². The number of tetrazole rings is 1. The lowest BCUT2D eigenvalue weighted by Crippen LogP contribution is -2.49. The van der Waals surface area contributed by atoms with Crippen molar-refractivity contribution in [3.63, 3.8) is 0 Å². The molecule has 0 saturated heterocycles. The molecule has 3 N–H and O–H groups in total. The maximum atomic E-state index is 13.0. The molecule has 1 heterocycles. The highest BCUT2D eigenvalue weighted by Crippen LogP contribution is 2.37. The van der Waals surface area contributed by atoms with Gasteiger partial charge >= 0.3 is 18.4 Å². The van der Waals surface area contributed by atoms with Crippen molar-refractivity contribution >= 4 is 11.9 Å². The van der Waals surface area contributed by atoms with Crippen molar-refractivity contribution in [2.24, 2.45) is 0 Å². The zero-order valence-electron chi connectivity index (χ0n) is 16.1. The minimum atomic E-state index is -5.04. The summed E-state index contributed by atoms with van der Waals surface area (Å²) in [5.74, 6) is -1.36. The van der Waals surface area contributed by atoms with Crippen molar-refractivity contribution in [3.05, 3.63) is 29.3 Å². The Morgan fingerprint density at radius 1 is 1.03 bits per heavy atom. The number of benzene rings is 1. The Morgan fingerprint density at radius 2 is 1.61 bits per heavy atom. The third-order valence-corrected chi connectivity index (χ3v) is 3.83. The lowest BCUT2D eigenvalue weighted by molar-refractivity contribution is -0.143. The Kier molecular flexibility index (Phi) is 7.07. The summed E-state index contributed by atoms with van der Waals surface area (Å²) in [6.45, 7) is 3.46. The first-order valence-corrected chi connectivity index (χ1v) is 8.76. The van der Waals surface area contributed by atoms with Gasteiger partial charge in [0.2, 0.25) is 5.82 Å². The number of hydrazine groups is 1. The van der Waals surface area contributed by atoms with E-state index in [0.29, 0.717) is 29.9 Å². The van der Waals surface area contributed by atoms with E-state index in [-0.39, 0.29) is 6.07 Å². The minimum Gasteiger partial charge on any atom is -0.337 e. The molecule has 0 aliphatic heterocycles. The molecule has 9 nitrogen and oxygen atoms in total. The highest BCUT2D eigenvalue weighted by atomic mass is 19.4. The van der Waals surface area contributed by atoms with Crippen molar-refractivity contribution in [2.75, 3.05) is 6.54 Å². The van der Waals surface area contributed by atoms with Crippen LogP contribution < -0.4 is 16.2 Å². The van der Waals surface area contributed by atoms with Gasteiger partial charge in [-0.25, -0.2) is 10.2 Å². The van der Waals surface area contributed by atoms with Crippen LogP contribution in [-0.4, -0.2) is 38.7 Å². The highest BCUT2D eigenvalue weighted by molar-refractivity contribution is 5.83. The van der Waals surface area contributed by atoms with Gasteiger partial charge in [-0.3, -0.25) is 10.2 Å². The van der Waals surface area contributed by atoms with Crippen LogP contribution in [0.4, 0.5) is 31.1 Å². The van der Waals surface area contributed by atoms with Gasteiger partial charge < -0.3 is 5.32 Å². The molecule has 2 aromatic rings. The summed E-state index contributed by atoms with van der Waals surface area (Å²) < 4.78 is 78.0. The molecule has 0 aliphatic carbocycles. The van der Waals surface area contributed by atoms with Gasteiger partial charge in [0.05, 0.1) is 11.1 Å². The second kappa shape index (κ2) is 9.18. The summed E-state index contributed by atoms with van der Waals surface area (Å²) in [4.78, 5) is 24.2. The number of hydrogen-bond acceptors (Lipinski definition) is 5. The largest absolute Gasteiger partial charge is 0.416 e. The van der Waals surface area contributed by atoms with Gasteiger partial charge in [0.1, 0.15) is 0 Å². The van der Waals surface area contributed by atoms with Crippen molar-refractivity contribution < 1.29 is 35.9 Å². The van der Waals surface area contributed by atoms with E-state index in [4.69, 9.17) is 0 Å². The third kappa shape index (κ3) is 6.29. The molecule has 31 heavy (non-hydrogen) atoms. The lowest BCUT2D eigenvalue weighted by Gasteiger charge is -2.13. The zero-order valence-corrected chi connectivity index (χ0v) is 16.1. The number of halogens is 6. The molecule has 2 rings (SSSR count). The van der Waals surface area contributed by atoms with Crippen LogP contribution in [0.25, 0.3) is 11.4 Å². The van der Waals surface area contributed by atoms with E-state index in [9.17, 15) is 35.9 Å². The Morgan fingerprint density at radius 3 is 2.13 bits per heavy atom. The Bertz CT molecular complexity index is 909. The summed E-state index contributed by atoms with van der Waals surface area (Å²) in [5.41, 5.74) is 0.470. The van der Waals surface area contributed by atoms with Gasteiger partial charge in [-0.1, -0.05) is 6.92 Å². The topological polar surface area (TPSA) is 114 Å². The first-order chi connectivity index (χ1) is 14.3. The Hall–Kier alpha value is -3.39. The summed E-state index contributed by atoms with van der Waals surface area (Å²) in [7, 11) is 0. The fourth-order valence-electron chi connectivity index (χ4n) is 2.20. The fraction of sp³-hybridized carbons (Fsp3) is 0.438. The van der Waals surface area contributed by atoms with E-state index in [2.05, 4.69) is 31.6 Å². The molecule has 0 aliphatic rings. The smallest absolute Gasteiger partial charge is 0.337 e. The van der Waals surface area contributed by atoms with Crippen LogP contribution in [-0.2, 0) is 17.1 Å². The molecule has 0 saturated carbocycles. The number of amides is 3. The molecule has 170 valence electrons. The number of nitrogens with zero attached hydrogens (tertiary/aromatic N) is 4. The zero-order chi connectivity index (χ0) is 23.4. The molecule has 1 aromatic heterocycles. The number of rotatable bonds is 5. The minimum absolute atomic E-state index is 0.0285. The average molecular weight is 453 g/mol. The second-order valence-electron chi connectivity index (χ2n) is 6.27. The van der Waals surface area contributed by atoms with Gasteiger partial charge in [0.25, 0.3) is 5.91 Å². The summed E-state index contributed by atoms with van der Waals surface area (Å²) in [5, 5.41) is 13.1. The fourth-order valence-corrected chi connectivity index (χ4v) is 2.20. The number of aromatic nitrogens is 4. The van der Waals surface area contributed by atoms with Gasteiger partial charge in [0, 0.05) is 12.1 Å². The second-order valence-corrected chi connectivity index (χ2v) is 6.27. The number of carbonyl (C=O) groups is 2. The molecule has 0 radical (unpaired) electrons. The van der Waals surface area contributed by atoms with Crippen LogP contribution in [0.3, 0.4) is 0 Å². The standard InChI is InChI=1S/C16H17F6N7O2/c1-3-4-23-14(31)26-25-13(30)8(2)29-27-12(24-28-29)9-5-10(15(17,18)19)7-11(6-9)16(20,21)22/h5-8H,3-4H2,1-2H3,(H,25,30)(H2,23,26,31)/t8-/m1/s1. The summed E-state index contributed by atoms with van der Waals surface area (Å²) in [6, 6.07) is -1.01. The van der Waals surface area contributed by atoms with Gasteiger partial charge in [-0.05, 0) is 36.8 Å². The number of urea groups is 1. The lowest BCUT2D eigenvalue weighted by atomic mass is 10.0. The molecule has 0 unspecified atom stereocenters. The van der Waals surface area contributed by atoms with E-state index < -0.39 is 52.8 Å². The van der Waals surface area contributed by atoms with Gasteiger partial charge in [-0.15, -0.1) is 10.2 Å². The van der Waals surface area contributed by atoms with Crippen molar-refractivity contribution in [1.82, 2.24) is 36.4 Å². The Balaban J connectivity index is 2.23. The Labute approximate surface area is 171 Å². The maximum Gasteiger partial charge on any atom is 0.416 e. The number of hydrogen-bond donors (Lipinski definition) is 3. The molecule has 1 atom stereocenters. The van der Waals surface area contributed by atoms with E-state index in [0.717, 1.165) is 0 Å². The number of carbonyl (C=O) groups excluding carboxylic acids is 2. The van der Waals surface area contributed by atoms with Crippen LogP contribution in [0, 0.1) is 0 Å². The summed E-state index contributed by atoms with van der Waals surface area (Å²) >= 11 is 0. The molecule has 0 spiro atoms. The first kappa shape index (κ1) is 23.9. The summed E-state index contributed by atoms with van der Waals surface area (Å²) in [6.07, 6.45) is -9.42. The van der Waals surface area contributed by atoms with Crippen LogP contribution >= 0.6 is 0 Å². The first-order valence-electron chi connectivity index (χ1n) is 8.76. The SMILES string of the molecule is CCCNC(=O)NNC(=O)[C@@H](C)n1nnc(-c2cc(C(F)(F)F)cc(C(F)(F)F)c2)n1. The van der Waals surface area contributed by atoms with Gasteiger partial charge in [-0.2, -0.15) is 31.1 Å². The van der Waals surface area contributed by atoms with E-state index >= 15 is 0 Å². The predicted octanol–water partition coefficient (Wildman–Crippen LogP) is 2.68. The van der Waals surface area contributed by atoms with Crippen LogP contribution in [0.15, 0.2) is 18.2 Å². The van der Waals surface area contributed by atoms with Crippen LogP contribution in [0.5, 0.6) is 0 Å². The average Bonchev–Trinajstić information content (AvgIpc) is 3.18. The molecule has 15 heteroatoms. The maximum absolute atomic E-state index is 13.0. The normalized spacial score (nSPS) is 12.9. The molecule has 0 fully saturated rings. The van der Waals surface area contributed by atoms with Crippen LogP contribution in [0.1, 0.15) is 37.4 Å². The molecule has 0 bridgehead atoms. The van der Waals surface area contributed by atoms with Crippen molar-refractivity contribution in [3.8, 4) is 11.4 Å². The molecule has 3 amide bonds. The third-order valence-electron chi connectivity index (χ3n) is 3.83.